The molecular weight excluding hydrogens is 621 g/mol. The van der Waals surface area contributed by atoms with Crippen molar-refractivity contribution < 1.29 is 40.9 Å². The van der Waals surface area contributed by atoms with Crippen LogP contribution in [-0.2, 0) is 14.8 Å². The summed E-state index contributed by atoms with van der Waals surface area (Å²) in [7, 11) is -3.16. The first-order valence-electron chi connectivity index (χ1n) is 15.4. The summed E-state index contributed by atoms with van der Waals surface area (Å²) < 4.78 is 87.6. The van der Waals surface area contributed by atoms with Crippen molar-refractivity contribution in [1.29, 1.82) is 0 Å². The van der Waals surface area contributed by atoms with E-state index in [1.165, 1.54) is 62.8 Å². The van der Waals surface area contributed by atoms with E-state index >= 15 is 0 Å². The van der Waals surface area contributed by atoms with Gasteiger partial charge in [0.15, 0.2) is 0 Å². The molecule has 0 unspecified atom stereocenters. The minimum absolute atomic E-state index is 0.0189. The molecule has 0 radical (unpaired) electrons. The Bertz CT molecular complexity index is 1640. The molecule has 6 rings (SSSR count). The number of anilines is 1. The number of hydrogen-bond acceptors (Lipinski definition) is 7. The molecule has 1 N–H and O–H groups in total. The van der Waals surface area contributed by atoms with Crippen molar-refractivity contribution in [3.05, 3.63) is 83.9 Å². The number of ether oxygens (including phenoxy) is 3. The largest absolute Gasteiger partial charge is 0.508 e. The van der Waals surface area contributed by atoms with Crippen molar-refractivity contribution >= 4 is 26.9 Å². The zero-order valence-electron chi connectivity index (χ0n) is 25.4. The predicted octanol–water partition coefficient (Wildman–Crippen LogP) is 6.11. The van der Waals surface area contributed by atoms with Gasteiger partial charge in [0.2, 0.25) is 10.0 Å². The van der Waals surface area contributed by atoms with Crippen LogP contribution in [-0.4, -0.2) is 82.0 Å². The highest BCUT2D eigenvalue weighted by molar-refractivity contribution is 7.93. The maximum absolute atomic E-state index is 14.2. The van der Waals surface area contributed by atoms with Gasteiger partial charge in [-0.3, -0.25) is 9.21 Å². The highest BCUT2D eigenvalue weighted by atomic mass is 32.2. The van der Waals surface area contributed by atoms with Crippen LogP contribution in [0.25, 0.3) is 11.1 Å². The molecular formula is C34H37F3N2O6S. The summed E-state index contributed by atoms with van der Waals surface area (Å²) in [5, 5.41) is 8.63. The minimum atomic E-state index is -4.79. The van der Waals surface area contributed by atoms with Gasteiger partial charge in [-0.2, -0.15) is 13.2 Å². The lowest BCUT2D eigenvalue weighted by Crippen LogP contribution is -2.47. The molecule has 0 amide bonds. The molecule has 2 fully saturated rings. The molecule has 3 heterocycles. The molecule has 2 saturated heterocycles. The Morgan fingerprint density at radius 2 is 1.50 bits per heavy atom. The zero-order chi connectivity index (χ0) is 32.5. The van der Waals surface area contributed by atoms with Gasteiger partial charge in [-0.25, -0.2) is 8.42 Å². The summed E-state index contributed by atoms with van der Waals surface area (Å²) in [6.07, 6.45) is -2.84. The Morgan fingerprint density at radius 1 is 0.891 bits per heavy atom. The van der Waals surface area contributed by atoms with E-state index in [9.17, 15) is 26.7 Å². The van der Waals surface area contributed by atoms with E-state index in [4.69, 9.17) is 14.2 Å². The fourth-order valence-electron chi connectivity index (χ4n) is 6.61. The summed E-state index contributed by atoms with van der Waals surface area (Å²) >= 11 is 0. The first-order chi connectivity index (χ1) is 22.0. The number of fused-ring (bicyclic) bond motifs is 2. The number of nitrogens with zero attached hydrogens (tertiary/aromatic N) is 2. The Hall–Kier alpha value is -3.74. The number of phenols is 1. The average molecular weight is 659 g/mol. The number of hydrogen-bond donors (Lipinski definition) is 1. The van der Waals surface area contributed by atoms with Gasteiger partial charge in [0.1, 0.15) is 41.8 Å². The van der Waals surface area contributed by atoms with Crippen molar-refractivity contribution in [3.8, 4) is 17.2 Å². The Morgan fingerprint density at radius 3 is 2.13 bits per heavy atom. The third kappa shape index (κ3) is 6.84. The fraction of sp³-hybridized carbons (Fsp3) is 0.412. The maximum atomic E-state index is 14.2. The van der Waals surface area contributed by atoms with E-state index in [0.717, 1.165) is 30.8 Å². The summed E-state index contributed by atoms with van der Waals surface area (Å²) in [4.78, 5) is 2.38. The Kier molecular flexibility index (Phi) is 9.22. The third-order valence-corrected chi connectivity index (χ3v) is 11.0. The summed E-state index contributed by atoms with van der Waals surface area (Å²) in [5.41, 5.74) is 2.65. The zero-order valence-corrected chi connectivity index (χ0v) is 26.3. The highest BCUT2D eigenvalue weighted by Crippen LogP contribution is 2.51. The van der Waals surface area contributed by atoms with Crippen LogP contribution in [0.1, 0.15) is 36.8 Å². The minimum Gasteiger partial charge on any atom is -0.508 e. The van der Waals surface area contributed by atoms with Crippen molar-refractivity contribution in [2.24, 2.45) is 0 Å². The maximum Gasteiger partial charge on any atom is 0.407 e. The van der Waals surface area contributed by atoms with Gasteiger partial charge in [-0.1, -0.05) is 30.7 Å². The number of halogens is 3. The van der Waals surface area contributed by atoms with Gasteiger partial charge in [0, 0.05) is 6.54 Å². The molecule has 46 heavy (non-hydrogen) atoms. The lowest BCUT2D eigenvalue weighted by atomic mass is 9.83. The monoisotopic (exact) mass is 658 g/mol. The molecule has 0 aromatic heterocycles. The standard InChI is InChI=1S/C34H37F3N2O6S/c1-43-27-15-9-25(10-16-27)39(22-34(35,36)37)46(41,42)30-21-29-31(23-5-11-26(40)12-6-23)32(33(30)45-29)24-7-13-28(14-8-24)44-20-19-38-17-3-2-4-18-38/h5-16,29-30,33,40H,2-4,17-22H2,1H3/t29-,30+,33+/m1/s1. The lowest BCUT2D eigenvalue weighted by Gasteiger charge is -2.32. The highest BCUT2D eigenvalue weighted by Gasteiger charge is 2.55. The van der Waals surface area contributed by atoms with Crippen LogP contribution in [0.3, 0.4) is 0 Å². The van der Waals surface area contributed by atoms with E-state index < -0.39 is 40.2 Å². The number of phenolic OH excluding ortho intramolecular Hbond substituents is 1. The molecule has 3 aromatic carbocycles. The van der Waals surface area contributed by atoms with E-state index in [1.807, 2.05) is 24.3 Å². The molecule has 3 atom stereocenters. The van der Waals surface area contributed by atoms with Crippen LogP contribution >= 0.6 is 0 Å². The van der Waals surface area contributed by atoms with Crippen LogP contribution < -0.4 is 13.8 Å². The number of sulfonamides is 1. The molecule has 3 aromatic rings. The van der Waals surface area contributed by atoms with Crippen LogP contribution in [0.5, 0.6) is 17.2 Å². The number of rotatable bonds is 11. The van der Waals surface area contributed by atoms with Gasteiger partial charge in [0.25, 0.3) is 0 Å². The summed E-state index contributed by atoms with van der Waals surface area (Å²) in [6, 6.07) is 19.3. The van der Waals surface area contributed by atoms with E-state index in [1.54, 1.807) is 12.1 Å². The second-order valence-corrected chi connectivity index (χ2v) is 13.9. The second-order valence-electron chi connectivity index (χ2n) is 11.8. The van der Waals surface area contributed by atoms with Crippen LogP contribution in [0.2, 0.25) is 0 Å². The van der Waals surface area contributed by atoms with Crippen molar-refractivity contribution in [1.82, 2.24) is 4.90 Å². The summed E-state index contributed by atoms with van der Waals surface area (Å²) in [5.74, 6) is 1.12. The number of alkyl halides is 3. The molecule has 246 valence electrons. The second kappa shape index (κ2) is 13.2. The lowest BCUT2D eigenvalue weighted by molar-refractivity contribution is -0.117. The summed E-state index contributed by atoms with van der Waals surface area (Å²) in [6.45, 7) is 1.83. The molecule has 2 bridgehead atoms. The first kappa shape index (κ1) is 32.2. The van der Waals surface area contributed by atoms with Gasteiger partial charge in [0.05, 0.1) is 18.9 Å². The van der Waals surface area contributed by atoms with Gasteiger partial charge in [-0.05, 0) is 103 Å². The number of aromatic hydroxyl groups is 1. The fourth-order valence-corrected chi connectivity index (χ4v) is 8.61. The van der Waals surface area contributed by atoms with Crippen LogP contribution in [0.4, 0.5) is 18.9 Å². The number of benzene rings is 3. The van der Waals surface area contributed by atoms with Crippen molar-refractivity contribution in [3.63, 3.8) is 0 Å². The topological polar surface area (TPSA) is 88.5 Å². The van der Waals surface area contributed by atoms with E-state index in [2.05, 4.69) is 4.90 Å². The molecule has 0 spiro atoms. The van der Waals surface area contributed by atoms with Gasteiger partial charge < -0.3 is 19.3 Å². The molecule has 0 aliphatic carbocycles. The Labute approximate surface area is 267 Å². The SMILES string of the molecule is COc1ccc(N(CC(F)(F)F)S(=O)(=O)[C@H]2C[C@H]3O[C@@H]2C(c2ccc(OCCN4CCCCC4)cc2)=C3c2ccc(O)cc2)cc1. The van der Waals surface area contributed by atoms with Crippen LogP contribution in [0.15, 0.2) is 72.8 Å². The molecule has 8 nitrogen and oxygen atoms in total. The Balaban J connectivity index is 1.31. The van der Waals surface area contributed by atoms with Gasteiger partial charge >= 0.3 is 6.18 Å². The average Bonchev–Trinajstić information content (AvgIpc) is 3.65. The van der Waals surface area contributed by atoms with Crippen molar-refractivity contribution in [2.45, 2.75) is 49.3 Å². The number of likely N-dealkylation sites (tertiary alicyclic amines) is 1. The van der Waals surface area contributed by atoms with Gasteiger partial charge in [-0.15, -0.1) is 0 Å². The van der Waals surface area contributed by atoms with Crippen LogP contribution in [0, 0.1) is 0 Å². The quantitative estimate of drug-likeness (QED) is 0.266. The third-order valence-electron chi connectivity index (χ3n) is 8.83. The molecule has 3 aliphatic rings. The number of methoxy groups -OCH3 is 1. The van der Waals surface area contributed by atoms with Crippen molar-refractivity contribution in [2.75, 3.05) is 44.2 Å². The number of piperidine rings is 1. The first-order valence-corrected chi connectivity index (χ1v) is 16.9. The van der Waals surface area contributed by atoms with E-state index in [0.29, 0.717) is 33.5 Å². The van der Waals surface area contributed by atoms with E-state index in [-0.39, 0.29) is 17.9 Å². The smallest absolute Gasteiger partial charge is 0.407 e. The molecule has 12 heteroatoms. The predicted molar refractivity (Wildman–Crippen MR) is 170 cm³/mol. The normalized spacial score (nSPS) is 21.9. The molecule has 3 aliphatic heterocycles. The molecule has 0 saturated carbocycles.